The third-order valence-corrected chi connectivity index (χ3v) is 1.97. The lowest BCUT2D eigenvalue weighted by Crippen LogP contribution is -1.72. The minimum atomic E-state index is 0. The Morgan fingerprint density at radius 3 is 3.10 bits per heavy atom. The molecule has 0 spiro atoms. The molecule has 0 saturated heterocycles. The lowest BCUT2D eigenvalue weighted by atomic mass is 10.5. The Labute approximate surface area is 62.3 Å². The number of thiophene rings is 1. The average Bonchev–Trinajstić information content (AvgIpc) is 2.33. The minimum Gasteiger partial charge on any atom is -0.243 e. The van der Waals surface area contributed by atoms with Gasteiger partial charge < -0.3 is 0 Å². The summed E-state index contributed by atoms with van der Waals surface area (Å²) in [5.41, 5.74) is 1.04. The summed E-state index contributed by atoms with van der Waals surface area (Å²) in [4.78, 5) is 7.92. The molecule has 0 aromatic carbocycles. The highest BCUT2D eigenvalue weighted by molar-refractivity contribution is 7.17. The van der Waals surface area contributed by atoms with Crippen molar-refractivity contribution < 1.29 is 0 Å². The molecule has 0 N–H and O–H groups in total. The van der Waals surface area contributed by atoms with Gasteiger partial charge in [-0.3, -0.25) is 0 Å². The molecule has 0 bridgehead atoms. The SMILES string of the molecule is [N].c1ncc2sccc2n1. The molecule has 0 atom stereocenters. The second kappa shape index (κ2) is 2.72. The van der Waals surface area contributed by atoms with Crippen molar-refractivity contribution in [3.63, 3.8) is 0 Å². The maximum Gasteiger partial charge on any atom is 0.116 e. The predicted molar refractivity (Wildman–Crippen MR) is 39.5 cm³/mol. The molecule has 0 aliphatic rings. The summed E-state index contributed by atoms with van der Waals surface area (Å²) in [5.74, 6) is 0. The Bertz CT molecular complexity index is 287. The molecule has 0 aliphatic heterocycles. The van der Waals surface area contributed by atoms with Crippen LogP contribution < -0.4 is 6.15 Å². The number of fused-ring (bicyclic) bond motifs is 1. The average molecular weight is 150 g/mol. The summed E-state index contributed by atoms with van der Waals surface area (Å²) in [6.45, 7) is 0. The number of aromatic nitrogens is 2. The fraction of sp³-hybridized carbons (Fsp3) is 0. The molecular formula is C6H4N3S. The molecule has 2 rings (SSSR count). The number of nitrogens with zero attached hydrogens (tertiary/aromatic N) is 3. The first-order chi connectivity index (χ1) is 4.47. The quantitative estimate of drug-likeness (QED) is 0.566. The molecule has 0 fully saturated rings. The summed E-state index contributed by atoms with van der Waals surface area (Å²) >= 11 is 1.66. The highest BCUT2D eigenvalue weighted by atomic mass is 32.1. The van der Waals surface area contributed by atoms with Crippen molar-refractivity contribution in [1.29, 1.82) is 0 Å². The normalized spacial score (nSPS) is 9.20. The Morgan fingerprint density at radius 1 is 1.40 bits per heavy atom. The predicted octanol–water partition coefficient (Wildman–Crippen LogP) is 1.21. The summed E-state index contributed by atoms with van der Waals surface area (Å²) in [6, 6.07) is 1.99. The van der Waals surface area contributed by atoms with Gasteiger partial charge in [0.1, 0.15) is 6.33 Å². The molecule has 10 heavy (non-hydrogen) atoms. The lowest BCUT2D eigenvalue weighted by Gasteiger charge is -1.81. The zero-order valence-electron chi connectivity index (χ0n) is 5.06. The second-order valence-electron chi connectivity index (χ2n) is 1.69. The summed E-state index contributed by atoms with van der Waals surface area (Å²) < 4.78 is 1.15. The van der Waals surface area contributed by atoms with Crippen LogP contribution in [0.3, 0.4) is 0 Å². The number of hydrogen-bond donors (Lipinski definition) is 0. The van der Waals surface area contributed by atoms with Crippen molar-refractivity contribution in [2.24, 2.45) is 0 Å². The van der Waals surface area contributed by atoms with Gasteiger partial charge in [0.2, 0.25) is 0 Å². The Morgan fingerprint density at radius 2 is 2.30 bits per heavy atom. The first-order valence-corrected chi connectivity index (χ1v) is 3.48. The van der Waals surface area contributed by atoms with Crippen molar-refractivity contribution in [3.05, 3.63) is 24.0 Å². The van der Waals surface area contributed by atoms with Crippen LogP contribution in [0.15, 0.2) is 24.0 Å². The van der Waals surface area contributed by atoms with E-state index in [9.17, 15) is 0 Å². The van der Waals surface area contributed by atoms with Gasteiger partial charge in [0.15, 0.2) is 0 Å². The third kappa shape index (κ3) is 0.984. The van der Waals surface area contributed by atoms with Gasteiger partial charge in [0.25, 0.3) is 0 Å². The van der Waals surface area contributed by atoms with Gasteiger partial charge in [0, 0.05) is 12.3 Å². The van der Waals surface area contributed by atoms with Crippen LogP contribution in [0.1, 0.15) is 0 Å². The monoisotopic (exact) mass is 150 g/mol. The van der Waals surface area contributed by atoms with E-state index in [0.29, 0.717) is 0 Å². The second-order valence-corrected chi connectivity index (χ2v) is 2.64. The zero-order valence-corrected chi connectivity index (χ0v) is 5.88. The fourth-order valence-electron chi connectivity index (χ4n) is 0.714. The van der Waals surface area contributed by atoms with Gasteiger partial charge in [-0.05, 0) is 11.4 Å². The maximum atomic E-state index is 4.04. The third-order valence-electron chi connectivity index (χ3n) is 1.13. The Balaban J connectivity index is 0.000000500. The van der Waals surface area contributed by atoms with E-state index < -0.39 is 0 Å². The van der Waals surface area contributed by atoms with Gasteiger partial charge >= 0.3 is 0 Å². The molecule has 0 amide bonds. The van der Waals surface area contributed by atoms with Gasteiger partial charge in [-0.2, -0.15) is 0 Å². The van der Waals surface area contributed by atoms with E-state index in [2.05, 4.69) is 9.97 Å². The van der Waals surface area contributed by atoms with E-state index in [1.54, 1.807) is 17.7 Å². The first-order valence-electron chi connectivity index (χ1n) is 2.60. The highest BCUT2D eigenvalue weighted by Crippen LogP contribution is 2.15. The van der Waals surface area contributed by atoms with Crippen molar-refractivity contribution in [1.82, 2.24) is 16.1 Å². The van der Waals surface area contributed by atoms with E-state index >= 15 is 0 Å². The number of rotatable bonds is 0. The van der Waals surface area contributed by atoms with Gasteiger partial charge in [-0.25, -0.2) is 9.97 Å². The summed E-state index contributed by atoms with van der Waals surface area (Å²) in [5, 5.41) is 2.01. The lowest BCUT2D eigenvalue weighted by molar-refractivity contribution is 1.23. The molecule has 0 unspecified atom stereocenters. The van der Waals surface area contributed by atoms with E-state index in [1.807, 2.05) is 17.6 Å². The van der Waals surface area contributed by atoms with Gasteiger partial charge in [0.05, 0.1) is 10.2 Å². The molecule has 3 nitrogen and oxygen atoms in total. The van der Waals surface area contributed by atoms with Crippen LogP contribution in [-0.2, 0) is 0 Å². The van der Waals surface area contributed by atoms with Gasteiger partial charge in [-0.15, -0.1) is 11.3 Å². The largest absolute Gasteiger partial charge is 0.243 e. The zero-order chi connectivity index (χ0) is 6.10. The van der Waals surface area contributed by atoms with E-state index in [0.717, 1.165) is 10.2 Å². The first kappa shape index (κ1) is 7.11. The van der Waals surface area contributed by atoms with E-state index in [-0.39, 0.29) is 6.15 Å². The smallest absolute Gasteiger partial charge is 0.116 e. The van der Waals surface area contributed by atoms with Crippen LogP contribution in [-0.4, -0.2) is 9.97 Å². The van der Waals surface area contributed by atoms with E-state index in [4.69, 9.17) is 0 Å². The highest BCUT2D eigenvalue weighted by Gasteiger charge is 1.90. The topological polar surface area (TPSA) is 56.3 Å². The summed E-state index contributed by atoms with van der Waals surface area (Å²) in [6.07, 6.45) is 3.39. The van der Waals surface area contributed by atoms with Crippen molar-refractivity contribution in [2.45, 2.75) is 0 Å². The molecule has 2 heterocycles. The molecule has 49 valence electrons. The van der Waals surface area contributed by atoms with E-state index in [1.165, 1.54) is 0 Å². The Hall–Kier alpha value is -1.00. The Kier molecular flexibility index (Phi) is 1.94. The van der Waals surface area contributed by atoms with Crippen LogP contribution in [0.4, 0.5) is 0 Å². The van der Waals surface area contributed by atoms with Gasteiger partial charge in [-0.1, -0.05) is 0 Å². The standard InChI is InChI=1S/C6H4N2S.N/c1-2-9-6-3-7-4-8-5(1)6;/h1-4H;. The van der Waals surface area contributed by atoms with Crippen molar-refractivity contribution in [3.8, 4) is 0 Å². The maximum absolute atomic E-state index is 4.04. The van der Waals surface area contributed by atoms with Crippen molar-refractivity contribution >= 4 is 21.6 Å². The molecule has 4 heteroatoms. The molecule has 0 saturated carbocycles. The molecule has 3 radical (unpaired) electrons. The minimum absolute atomic E-state index is 0. The van der Waals surface area contributed by atoms with Crippen LogP contribution in [0.5, 0.6) is 0 Å². The molecular weight excluding hydrogens is 146 g/mol. The fourth-order valence-corrected chi connectivity index (χ4v) is 1.42. The van der Waals surface area contributed by atoms with Crippen molar-refractivity contribution in [2.75, 3.05) is 0 Å². The van der Waals surface area contributed by atoms with Crippen LogP contribution >= 0.6 is 11.3 Å². The molecule has 2 aromatic heterocycles. The summed E-state index contributed by atoms with van der Waals surface area (Å²) in [7, 11) is 0. The van der Waals surface area contributed by atoms with Crippen LogP contribution in [0.2, 0.25) is 0 Å². The molecule has 0 aliphatic carbocycles. The van der Waals surface area contributed by atoms with Crippen LogP contribution in [0.25, 0.3) is 10.2 Å². The number of hydrogen-bond acceptors (Lipinski definition) is 3. The van der Waals surface area contributed by atoms with Crippen LogP contribution in [0, 0.1) is 0 Å². The molecule has 2 aromatic rings.